The molecule has 2 aliphatic rings. The summed E-state index contributed by atoms with van der Waals surface area (Å²) in [6.07, 6.45) is 6.39. The lowest BCUT2D eigenvalue weighted by atomic mass is 10.0. The molecule has 4 heterocycles. The highest BCUT2D eigenvalue weighted by molar-refractivity contribution is 5.88. The van der Waals surface area contributed by atoms with Crippen LogP contribution < -0.4 is 10.6 Å². The molecule has 5 N–H and O–H groups in total. The van der Waals surface area contributed by atoms with Crippen LogP contribution in [-0.4, -0.2) is 105 Å². The third kappa shape index (κ3) is 8.53. The summed E-state index contributed by atoms with van der Waals surface area (Å²) in [5, 5.41) is 14.1. The molecule has 4 atom stereocenters. The third-order valence-electron chi connectivity index (χ3n) is 10.7. The van der Waals surface area contributed by atoms with Crippen LogP contribution in [0.15, 0.2) is 60.9 Å². The number of aromatic nitrogens is 4. The van der Waals surface area contributed by atoms with Gasteiger partial charge in [-0.05, 0) is 59.8 Å². The Morgan fingerprint density at radius 1 is 0.727 bits per heavy atom. The second kappa shape index (κ2) is 16.8. The molecule has 55 heavy (non-hydrogen) atoms. The van der Waals surface area contributed by atoms with E-state index in [0.29, 0.717) is 13.1 Å². The van der Waals surface area contributed by atoms with Gasteiger partial charge in [-0.1, -0.05) is 76.2 Å². The molecule has 14 heteroatoms. The van der Waals surface area contributed by atoms with Crippen LogP contribution in [0.4, 0.5) is 4.79 Å². The molecule has 0 radical (unpaired) electrons. The van der Waals surface area contributed by atoms with Gasteiger partial charge in [-0.2, -0.15) is 0 Å². The minimum absolute atomic E-state index is 0.0102. The number of nitrogens with one attached hydrogen (secondary N) is 5. The molecule has 0 aliphatic carbocycles. The van der Waals surface area contributed by atoms with Crippen LogP contribution in [0.3, 0.4) is 0 Å². The normalized spacial score (nSPS) is 18.1. The second-order valence-electron chi connectivity index (χ2n) is 15.4. The number of rotatable bonds is 11. The van der Waals surface area contributed by atoms with Crippen molar-refractivity contribution in [3.8, 4) is 33.6 Å². The topological polar surface area (TPSA) is 175 Å². The van der Waals surface area contributed by atoms with Crippen molar-refractivity contribution in [3.63, 3.8) is 0 Å². The molecular weight excluding hydrogens is 697 g/mol. The summed E-state index contributed by atoms with van der Waals surface area (Å²) >= 11 is 0. The van der Waals surface area contributed by atoms with Crippen LogP contribution in [0.5, 0.6) is 0 Å². The van der Waals surface area contributed by atoms with Crippen LogP contribution in [0, 0.1) is 17.2 Å². The maximum Gasteiger partial charge on any atom is 0.407 e. The van der Waals surface area contributed by atoms with Gasteiger partial charge in [-0.15, -0.1) is 0 Å². The number of carbonyl (C=O) groups excluding carboxylic acids is 3. The highest BCUT2D eigenvalue weighted by Gasteiger charge is 2.38. The van der Waals surface area contributed by atoms with Crippen molar-refractivity contribution < 1.29 is 19.1 Å². The van der Waals surface area contributed by atoms with E-state index in [9.17, 15) is 14.4 Å². The first-order valence-corrected chi connectivity index (χ1v) is 19.1. The largest absolute Gasteiger partial charge is 0.453 e. The van der Waals surface area contributed by atoms with E-state index in [-0.39, 0.29) is 41.7 Å². The monoisotopic (exact) mass is 750 g/mol. The van der Waals surface area contributed by atoms with Crippen LogP contribution >= 0.6 is 0 Å². The Morgan fingerprint density at radius 2 is 1.13 bits per heavy atom. The highest BCUT2D eigenvalue weighted by Crippen LogP contribution is 2.35. The van der Waals surface area contributed by atoms with Gasteiger partial charge in [0.2, 0.25) is 11.8 Å². The Balaban J connectivity index is 1.10. The van der Waals surface area contributed by atoms with E-state index in [1.807, 2.05) is 49.9 Å². The first-order chi connectivity index (χ1) is 26.4. The summed E-state index contributed by atoms with van der Waals surface area (Å²) in [5.41, 5.74) is 5.89. The van der Waals surface area contributed by atoms with E-state index >= 15 is 0 Å². The van der Waals surface area contributed by atoms with Crippen molar-refractivity contribution >= 4 is 23.9 Å². The molecule has 14 nitrogen and oxygen atoms in total. The summed E-state index contributed by atoms with van der Waals surface area (Å²) in [5.74, 6) is 1.49. The van der Waals surface area contributed by atoms with Crippen molar-refractivity contribution in [1.29, 1.82) is 5.41 Å². The highest BCUT2D eigenvalue weighted by atomic mass is 16.5. The molecule has 0 saturated carbocycles. The molecule has 2 saturated heterocycles. The Bertz CT molecular complexity index is 1970. The van der Waals surface area contributed by atoms with E-state index in [2.05, 4.69) is 74.1 Å². The predicted octanol–water partition coefficient (Wildman–Crippen LogP) is 5.95. The van der Waals surface area contributed by atoms with Crippen molar-refractivity contribution in [1.82, 2.24) is 45.3 Å². The number of hydrogen-bond acceptors (Lipinski definition) is 7. The zero-order valence-corrected chi connectivity index (χ0v) is 32.8. The summed E-state index contributed by atoms with van der Waals surface area (Å²) in [7, 11) is 4.87. The number of hydrogen-bond donors (Lipinski definition) is 5. The van der Waals surface area contributed by atoms with Crippen molar-refractivity contribution in [2.45, 2.75) is 77.5 Å². The van der Waals surface area contributed by atoms with Gasteiger partial charge in [0, 0.05) is 27.2 Å². The fraction of sp³-hybridized carbons (Fsp3) is 0.463. The van der Waals surface area contributed by atoms with Gasteiger partial charge in [0.05, 0.1) is 43.0 Å². The minimum atomic E-state index is -0.682. The first kappa shape index (κ1) is 39.0. The van der Waals surface area contributed by atoms with Gasteiger partial charge < -0.3 is 40.0 Å². The summed E-state index contributed by atoms with van der Waals surface area (Å²) in [6.45, 7) is 9.06. The van der Waals surface area contributed by atoms with Gasteiger partial charge in [0.25, 0.3) is 0 Å². The van der Waals surface area contributed by atoms with E-state index in [0.717, 1.165) is 71.0 Å². The molecule has 2 fully saturated rings. The van der Waals surface area contributed by atoms with E-state index in [4.69, 9.17) is 15.1 Å². The van der Waals surface area contributed by atoms with E-state index in [1.165, 1.54) is 7.11 Å². The maximum atomic E-state index is 13.7. The summed E-state index contributed by atoms with van der Waals surface area (Å²) < 4.78 is 4.76. The molecule has 2 aliphatic heterocycles. The predicted molar refractivity (Wildman–Crippen MR) is 212 cm³/mol. The van der Waals surface area contributed by atoms with Crippen molar-refractivity contribution in [2.24, 2.45) is 11.8 Å². The number of benzene rings is 2. The number of nitrogens with zero attached hydrogens (tertiary/aromatic N) is 5. The fourth-order valence-electron chi connectivity index (χ4n) is 7.47. The Kier molecular flexibility index (Phi) is 11.9. The molecule has 6 rings (SSSR count). The second-order valence-corrected chi connectivity index (χ2v) is 15.4. The number of guanidine groups is 1. The average molecular weight is 751 g/mol. The average Bonchev–Trinajstić information content (AvgIpc) is 4.02. The zero-order valence-electron chi connectivity index (χ0n) is 32.8. The number of alkyl carbamates (subject to hydrolysis) is 1. The number of likely N-dealkylation sites (tertiary alicyclic amines) is 2. The quantitative estimate of drug-likeness (QED) is 0.0923. The Morgan fingerprint density at radius 3 is 1.51 bits per heavy atom. The van der Waals surface area contributed by atoms with Crippen molar-refractivity contribution in [2.75, 3.05) is 34.3 Å². The maximum absolute atomic E-state index is 13.7. The lowest BCUT2D eigenvalue weighted by Gasteiger charge is -2.31. The molecular formula is C41H54N10O4. The molecule has 0 bridgehead atoms. The van der Waals surface area contributed by atoms with Crippen molar-refractivity contribution in [3.05, 3.63) is 72.6 Å². The lowest BCUT2D eigenvalue weighted by Crippen LogP contribution is -2.53. The van der Waals surface area contributed by atoms with Gasteiger partial charge in [-0.25, -0.2) is 14.8 Å². The van der Waals surface area contributed by atoms with Crippen LogP contribution in [0.25, 0.3) is 33.6 Å². The van der Waals surface area contributed by atoms with Crippen LogP contribution in [0.2, 0.25) is 0 Å². The standard InChI is InChI=1S/C41H54N10O4/c1-24(2)34(47-40(42)49(5)6)38(52)50-20-8-10-32(50)36-43-22-30(45-36)28-16-12-26(13-17-28)27-14-18-29(19-15-27)31-23-44-37(46-31)33-11-9-21-51(33)39(53)35(25(3)4)48-41(54)55-7/h12-19,22-25,32-35H,8-11,20-21H2,1-7H3,(H2,42,47)(H,43,45)(H,44,46)(H,48,54)/t32-,33-,34-,35-/m0/s1. The summed E-state index contributed by atoms with van der Waals surface area (Å²) in [4.78, 5) is 60.9. The zero-order chi connectivity index (χ0) is 39.4. The van der Waals surface area contributed by atoms with Gasteiger partial charge in [0.15, 0.2) is 5.96 Å². The smallest absolute Gasteiger partial charge is 0.407 e. The molecule has 4 aromatic rings. The Hall–Kier alpha value is -5.66. The van der Waals surface area contributed by atoms with E-state index in [1.54, 1.807) is 19.0 Å². The SMILES string of the molecule is COC(=O)N[C@H](C(=O)N1CCC[C@H]1c1ncc(-c2ccc(-c3ccc(-c4cnc([C@@H]5CCCN5C(=O)[C@@H](NC(=N)N(C)C)C(C)C)[nH]4)cc3)cc2)[nH]1)C(C)C. The number of methoxy groups -OCH3 is 1. The van der Waals surface area contributed by atoms with E-state index < -0.39 is 18.2 Å². The number of carbonyl (C=O) groups is 3. The number of aromatic amines is 2. The number of H-pyrrole nitrogens is 2. The molecule has 2 aromatic carbocycles. The fourth-order valence-corrected chi connectivity index (χ4v) is 7.47. The first-order valence-electron chi connectivity index (χ1n) is 19.1. The number of amides is 3. The molecule has 0 unspecified atom stereocenters. The van der Waals surface area contributed by atoms with Crippen LogP contribution in [0.1, 0.15) is 77.1 Å². The minimum Gasteiger partial charge on any atom is -0.453 e. The van der Waals surface area contributed by atoms with Gasteiger partial charge >= 0.3 is 6.09 Å². The lowest BCUT2D eigenvalue weighted by molar-refractivity contribution is -0.136. The Labute approximate surface area is 323 Å². The molecule has 3 amide bonds. The molecule has 0 spiro atoms. The van der Waals surface area contributed by atoms with Crippen LogP contribution in [-0.2, 0) is 14.3 Å². The number of imidazole rings is 2. The number of ether oxygens (including phenoxy) is 1. The molecule has 2 aromatic heterocycles. The summed E-state index contributed by atoms with van der Waals surface area (Å²) in [6, 6.07) is 15.1. The van der Waals surface area contributed by atoms with Gasteiger partial charge in [0.1, 0.15) is 23.7 Å². The third-order valence-corrected chi connectivity index (χ3v) is 10.7. The molecule has 292 valence electrons. The van der Waals surface area contributed by atoms with Gasteiger partial charge in [-0.3, -0.25) is 15.0 Å².